The van der Waals surface area contributed by atoms with E-state index in [4.69, 9.17) is 16.3 Å². The summed E-state index contributed by atoms with van der Waals surface area (Å²) in [5.41, 5.74) is 2.96. The number of ether oxygens (including phenoxy) is 1. The van der Waals surface area contributed by atoms with Gasteiger partial charge in [0.15, 0.2) is 6.61 Å². The zero-order valence-electron chi connectivity index (χ0n) is 18.4. The Morgan fingerprint density at radius 2 is 1.72 bits per heavy atom. The molecule has 1 aliphatic heterocycles. The minimum atomic E-state index is -3.65. The van der Waals surface area contributed by atoms with Gasteiger partial charge in [-0.1, -0.05) is 35.4 Å². The van der Waals surface area contributed by atoms with Crippen molar-refractivity contribution in [2.45, 2.75) is 38.5 Å². The molecule has 1 heterocycles. The number of rotatable bonds is 6. The van der Waals surface area contributed by atoms with Crippen LogP contribution in [0.5, 0.6) is 0 Å². The molecule has 1 saturated heterocycles. The highest BCUT2D eigenvalue weighted by Gasteiger charge is 2.34. The number of nitrogens with one attached hydrogen (secondary N) is 1. The number of sulfonamides is 1. The van der Waals surface area contributed by atoms with E-state index in [1.165, 1.54) is 4.31 Å². The van der Waals surface area contributed by atoms with E-state index in [0.29, 0.717) is 28.4 Å². The first kappa shape index (κ1) is 24.2. The van der Waals surface area contributed by atoms with Crippen molar-refractivity contribution in [3.63, 3.8) is 0 Å². The Bertz CT molecular complexity index is 1100. The van der Waals surface area contributed by atoms with Crippen molar-refractivity contribution >= 4 is 39.2 Å². The molecule has 1 amide bonds. The normalized spacial score (nSPS) is 15.4. The number of esters is 1. The summed E-state index contributed by atoms with van der Waals surface area (Å²) < 4.78 is 32.9. The van der Waals surface area contributed by atoms with Crippen molar-refractivity contribution in [2.75, 3.05) is 25.0 Å². The number of carbonyl (C=O) groups is 2. The molecule has 2 aromatic carbocycles. The van der Waals surface area contributed by atoms with Crippen molar-refractivity contribution < 1.29 is 22.7 Å². The summed E-state index contributed by atoms with van der Waals surface area (Å²) in [6.45, 7) is 5.57. The van der Waals surface area contributed by atoms with Gasteiger partial charge in [-0.05, 0) is 62.9 Å². The predicted molar refractivity (Wildman–Crippen MR) is 123 cm³/mol. The lowest BCUT2D eigenvalue weighted by atomic mass is 9.98. The number of halogens is 1. The van der Waals surface area contributed by atoms with E-state index in [9.17, 15) is 18.0 Å². The van der Waals surface area contributed by atoms with Gasteiger partial charge < -0.3 is 10.1 Å². The molecule has 0 saturated carbocycles. The van der Waals surface area contributed by atoms with Gasteiger partial charge in [0.05, 0.1) is 10.8 Å². The molecule has 9 heteroatoms. The third-order valence-corrected chi connectivity index (χ3v) is 7.88. The van der Waals surface area contributed by atoms with Crippen LogP contribution in [0.2, 0.25) is 5.02 Å². The number of benzene rings is 2. The Kier molecular flexibility index (Phi) is 7.59. The summed E-state index contributed by atoms with van der Waals surface area (Å²) in [6.07, 6.45) is 0.690. The number of nitrogens with zero attached hydrogens (tertiary/aromatic N) is 1. The third-order valence-electron chi connectivity index (χ3n) is 5.44. The Labute approximate surface area is 193 Å². The van der Waals surface area contributed by atoms with Gasteiger partial charge in [0.2, 0.25) is 10.0 Å². The number of hydrogen-bond acceptors (Lipinski definition) is 5. The monoisotopic (exact) mass is 478 g/mol. The molecule has 0 aromatic heterocycles. The predicted octanol–water partition coefficient (Wildman–Crippen LogP) is 3.85. The zero-order valence-corrected chi connectivity index (χ0v) is 19.9. The SMILES string of the molecule is Cc1cc(C)c(S(=O)(=O)N2CCC(C(=O)OCC(=O)Nc3cccc(Cl)c3)CC2)c(C)c1. The van der Waals surface area contributed by atoms with Gasteiger partial charge in [-0.3, -0.25) is 9.59 Å². The van der Waals surface area contributed by atoms with Gasteiger partial charge in [0.1, 0.15) is 0 Å². The number of carbonyl (C=O) groups excluding carboxylic acids is 2. The molecule has 32 heavy (non-hydrogen) atoms. The number of piperidine rings is 1. The summed E-state index contributed by atoms with van der Waals surface area (Å²) in [4.78, 5) is 24.7. The second kappa shape index (κ2) is 10.0. The summed E-state index contributed by atoms with van der Waals surface area (Å²) in [7, 11) is -3.65. The quantitative estimate of drug-likeness (QED) is 0.636. The summed E-state index contributed by atoms with van der Waals surface area (Å²) >= 11 is 5.88. The van der Waals surface area contributed by atoms with Gasteiger partial charge in [-0.15, -0.1) is 0 Å². The molecule has 172 valence electrons. The highest BCUT2D eigenvalue weighted by Crippen LogP contribution is 2.29. The zero-order chi connectivity index (χ0) is 23.5. The molecular weight excluding hydrogens is 452 g/mol. The second-order valence-corrected chi connectivity index (χ2v) is 10.4. The van der Waals surface area contributed by atoms with Crippen LogP contribution in [0.3, 0.4) is 0 Å². The number of hydrogen-bond donors (Lipinski definition) is 1. The number of anilines is 1. The fraction of sp³-hybridized carbons (Fsp3) is 0.391. The van der Waals surface area contributed by atoms with Crippen LogP contribution in [0, 0.1) is 26.7 Å². The van der Waals surface area contributed by atoms with E-state index < -0.39 is 34.4 Å². The van der Waals surface area contributed by atoms with E-state index in [0.717, 1.165) is 16.7 Å². The smallest absolute Gasteiger partial charge is 0.309 e. The molecule has 0 radical (unpaired) electrons. The first-order valence-electron chi connectivity index (χ1n) is 10.4. The average molecular weight is 479 g/mol. The molecule has 0 atom stereocenters. The maximum atomic E-state index is 13.2. The van der Waals surface area contributed by atoms with Crippen LogP contribution >= 0.6 is 11.6 Å². The van der Waals surface area contributed by atoms with Crippen molar-refractivity contribution in [1.29, 1.82) is 0 Å². The fourth-order valence-corrected chi connectivity index (χ4v) is 6.12. The fourth-order valence-electron chi connectivity index (χ4n) is 4.05. The molecule has 1 N–H and O–H groups in total. The Balaban J connectivity index is 1.54. The Morgan fingerprint density at radius 3 is 2.31 bits per heavy atom. The van der Waals surface area contributed by atoms with Crippen molar-refractivity contribution in [3.8, 4) is 0 Å². The lowest BCUT2D eigenvalue weighted by Crippen LogP contribution is -2.41. The Morgan fingerprint density at radius 1 is 1.09 bits per heavy atom. The van der Waals surface area contributed by atoms with Crippen LogP contribution in [0.1, 0.15) is 29.5 Å². The molecule has 0 aliphatic carbocycles. The van der Waals surface area contributed by atoms with E-state index in [1.54, 1.807) is 38.1 Å². The van der Waals surface area contributed by atoms with Crippen LogP contribution in [-0.4, -0.2) is 44.3 Å². The van der Waals surface area contributed by atoms with Crippen molar-refractivity contribution in [3.05, 3.63) is 58.1 Å². The number of amides is 1. The van der Waals surface area contributed by atoms with E-state index in [-0.39, 0.29) is 13.1 Å². The second-order valence-electron chi connectivity index (χ2n) is 8.07. The average Bonchev–Trinajstić information content (AvgIpc) is 2.71. The molecule has 1 fully saturated rings. The maximum absolute atomic E-state index is 13.2. The molecule has 0 bridgehead atoms. The minimum absolute atomic E-state index is 0.226. The first-order valence-corrected chi connectivity index (χ1v) is 12.2. The van der Waals surface area contributed by atoms with Crippen LogP contribution in [0.15, 0.2) is 41.3 Å². The molecule has 3 rings (SSSR count). The van der Waals surface area contributed by atoms with Crippen LogP contribution in [-0.2, 0) is 24.3 Å². The summed E-state index contributed by atoms with van der Waals surface area (Å²) in [5, 5.41) is 3.10. The molecule has 1 aliphatic rings. The van der Waals surface area contributed by atoms with Gasteiger partial charge in [0, 0.05) is 23.8 Å². The maximum Gasteiger partial charge on any atom is 0.309 e. The summed E-state index contributed by atoms with van der Waals surface area (Å²) in [5.74, 6) is -1.41. The minimum Gasteiger partial charge on any atom is -0.455 e. The highest BCUT2D eigenvalue weighted by atomic mass is 35.5. The standard InChI is InChI=1S/C23H27ClN2O5S/c1-15-11-16(2)22(17(3)12-15)32(29,30)26-9-7-18(8-10-26)23(28)31-14-21(27)25-20-6-4-5-19(24)13-20/h4-6,11-13,18H,7-10,14H2,1-3H3,(H,25,27). The third kappa shape index (κ3) is 5.68. The van der Waals surface area contributed by atoms with Gasteiger partial charge >= 0.3 is 5.97 Å². The lowest BCUT2D eigenvalue weighted by molar-refractivity contribution is -0.152. The first-order chi connectivity index (χ1) is 15.1. The molecule has 2 aromatic rings. The van der Waals surface area contributed by atoms with E-state index in [1.807, 2.05) is 19.1 Å². The molecule has 0 spiro atoms. The van der Waals surface area contributed by atoms with Crippen LogP contribution in [0.25, 0.3) is 0 Å². The molecule has 0 unspecified atom stereocenters. The largest absolute Gasteiger partial charge is 0.455 e. The van der Waals surface area contributed by atoms with Crippen LogP contribution in [0.4, 0.5) is 5.69 Å². The van der Waals surface area contributed by atoms with E-state index in [2.05, 4.69) is 5.32 Å². The van der Waals surface area contributed by atoms with Gasteiger partial charge in [0.25, 0.3) is 5.91 Å². The van der Waals surface area contributed by atoms with Crippen molar-refractivity contribution in [1.82, 2.24) is 4.31 Å². The lowest BCUT2D eigenvalue weighted by Gasteiger charge is -2.31. The molecular formula is C23H27ClN2O5S. The summed E-state index contributed by atoms with van der Waals surface area (Å²) in [6, 6.07) is 10.4. The highest BCUT2D eigenvalue weighted by molar-refractivity contribution is 7.89. The van der Waals surface area contributed by atoms with Gasteiger partial charge in [-0.25, -0.2) is 8.42 Å². The number of aryl methyl sites for hydroxylation is 3. The Hall–Kier alpha value is -2.42. The molecule has 7 nitrogen and oxygen atoms in total. The topological polar surface area (TPSA) is 92.8 Å². The van der Waals surface area contributed by atoms with Gasteiger partial charge in [-0.2, -0.15) is 4.31 Å². The van der Waals surface area contributed by atoms with Crippen LogP contribution < -0.4 is 5.32 Å². The van der Waals surface area contributed by atoms with E-state index >= 15 is 0 Å². The van der Waals surface area contributed by atoms with Crippen molar-refractivity contribution in [2.24, 2.45) is 5.92 Å².